The summed E-state index contributed by atoms with van der Waals surface area (Å²) in [7, 11) is 0. The maximum atomic E-state index is 11.7. The molecule has 2 heterocycles. The molecule has 1 aliphatic heterocycles. The molecule has 0 aliphatic carbocycles. The number of para-hydroxylation sites is 1. The van der Waals surface area contributed by atoms with Crippen LogP contribution in [-0.4, -0.2) is 53.5 Å². The van der Waals surface area contributed by atoms with Crippen LogP contribution in [0.1, 0.15) is 22.3 Å². The summed E-state index contributed by atoms with van der Waals surface area (Å²) < 4.78 is 1.28. The molecule has 146 valence electrons. The zero-order valence-corrected chi connectivity index (χ0v) is 17.9. The predicted molar refractivity (Wildman–Crippen MR) is 121 cm³/mol. The highest BCUT2D eigenvalue weighted by atomic mass is 127. The molecular formula is C21H24IN5O. The van der Waals surface area contributed by atoms with E-state index in [-0.39, 0.29) is 0 Å². The average molecular weight is 489 g/mol. The first-order valence-electron chi connectivity index (χ1n) is 9.60. The molecule has 0 spiro atoms. The van der Waals surface area contributed by atoms with Crippen LogP contribution in [0.25, 0.3) is 11.0 Å². The molecule has 4 rings (SSSR count). The Balaban J connectivity index is 1.41. The Labute approximate surface area is 178 Å². The smallest absolute Gasteiger partial charge is 0.250 e. The summed E-state index contributed by atoms with van der Waals surface area (Å²) in [5.74, 6) is 0.379. The maximum Gasteiger partial charge on any atom is 0.250 e. The fraction of sp³-hybridized carbons (Fsp3) is 0.333. The third-order valence-electron chi connectivity index (χ3n) is 5.28. The van der Waals surface area contributed by atoms with E-state index in [4.69, 9.17) is 5.73 Å². The number of carbonyl (C=O) groups is 1. The quantitative estimate of drug-likeness (QED) is 0.541. The number of carbonyl (C=O) groups excluding carboxylic acids is 1. The average Bonchev–Trinajstić information content (AvgIpc) is 2.99. The van der Waals surface area contributed by atoms with E-state index in [0.717, 1.165) is 57.0 Å². The minimum Gasteiger partial charge on any atom is -0.366 e. The van der Waals surface area contributed by atoms with Gasteiger partial charge in [0, 0.05) is 29.7 Å². The van der Waals surface area contributed by atoms with Crippen LogP contribution in [0.4, 0.5) is 5.95 Å². The van der Waals surface area contributed by atoms with Crippen molar-refractivity contribution in [2.24, 2.45) is 5.73 Å². The van der Waals surface area contributed by atoms with E-state index in [1.807, 2.05) is 12.1 Å². The van der Waals surface area contributed by atoms with Gasteiger partial charge in [-0.25, -0.2) is 4.98 Å². The molecule has 1 aliphatic rings. The monoisotopic (exact) mass is 489 g/mol. The Bertz CT molecular complexity index is 969. The van der Waals surface area contributed by atoms with Gasteiger partial charge in [-0.2, -0.15) is 0 Å². The first-order valence-corrected chi connectivity index (χ1v) is 10.7. The number of nitrogens with one attached hydrogen (secondary N) is 1. The van der Waals surface area contributed by atoms with Crippen molar-refractivity contribution in [3.8, 4) is 0 Å². The van der Waals surface area contributed by atoms with Gasteiger partial charge in [0.2, 0.25) is 5.95 Å². The van der Waals surface area contributed by atoms with Gasteiger partial charge in [-0.1, -0.05) is 18.2 Å². The van der Waals surface area contributed by atoms with E-state index in [1.165, 1.54) is 9.13 Å². The van der Waals surface area contributed by atoms with Crippen LogP contribution in [0.5, 0.6) is 0 Å². The Morgan fingerprint density at radius 1 is 1.11 bits per heavy atom. The highest BCUT2D eigenvalue weighted by Crippen LogP contribution is 2.21. The first-order chi connectivity index (χ1) is 13.6. The lowest BCUT2D eigenvalue weighted by Crippen LogP contribution is -2.32. The van der Waals surface area contributed by atoms with Crippen LogP contribution >= 0.6 is 22.6 Å². The zero-order chi connectivity index (χ0) is 19.5. The molecule has 1 aromatic heterocycles. The number of benzene rings is 2. The van der Waals surface area contributed by atoms with E-state index in [1.54, 1.807) is 6.07 Å². The number of hydrogen-bond acceptors (Lipinski definition) is 4. The van der Waals surface area contributed by atoms with Crippen LogP contribution in [-0.2, 0) is 6.42 Å². The highest BCUT2D eigenvalue weighted by molar-refractivity contribution is 14.1. The molecule has 1 fully saturated rings. The predicted octanol–water partition coefficient (Wildman–Crippen LogP) is 3.02. The van der Waals surface area contributed by atoms with Gasteiger partial charge < -0.3 is 20.5 Å². The minimum atomic E-state index is -0.443. The largest absolute Gasteiger partial charge is 0.366 e. The van der Waals surface area contributed by atoms with Crippen LogP contribution in [0.3, 0.4) is 0 Å². The molecule has 1 saturated heterocycles. The number of rotatable bonds is 5. The van der Waals surface area contributed by atoms with E-state index in [0.29, 0.717) is 11.1 Å². The number of fused-ring (bicyclic) bond motifs is 1. The lowest BCUT2D eigenvalue weighted by molar-refractivity contribution is 0.100. The van der Waals surface area contributed by atoms with Crippen LogP contribution in [0.2, 0.25) is 0 Å². The molecule has 0 bridgehead atoms. The molecule has 0 unspecified atom stereocenters. The number of primary amides is 1. The maximum absolute atomic E-state index is 11.7. The summed E-state index contributed by atoms with van der Waals surface area (Å²) in [6.07, 6.45) is 2.16. The summed E-state index contributed by atoms with van der Waals surface area (Å²) in [6, 6.07) is 14.3. The normalized spacial score (nSPS) is 15.7. The first kappa shape index (κ1) is 19.2. The Hall–Kier alpha value is -2.13. The van der Waals surface area contributed by atoms with Crippen molar-refractivity contribution in [3.63, 3.8) is 0 Å². The number of anilines is 1. The fourth-order valence-corrected chi connectivity index (χ4v) is 4.07. The van der Waals surface area contributed by atoms with Crippen LogP contribution in [0, 0.1) is 3.57 Å². The Kier molecular flexibility index (Phi) is 5.82. The third kappa shape index (κ3) is 4.30. The van der Waals surface area contributed by atoms with Crippen molar-refractivity contribution in [1.82, 2.24) is 14.9 Å². The molecule has 1 amide bonds. The molecule has 0 radical (unpaired) electrons. The zero-order valence-electron chi connectivity index (χ0n) is 15.7. The molecule has 2 aromatic carbocycles. The molecule has 3 N–H and O–H groups in total. The lowest BCUT2D eigenvalue weighted by Gasteiger charge is -2.21. The number of aromatic nitrogens is 2. The van der Waals surface area contributed by atoms with Gasteiger partial charge in [0.15, 0.2) is 0 Å². The van der Waals surface area contributed by atoms with Crippen LogP contribution < -0.4 is 10.6 Å². The summed E-state index contributed by atoms with van der Waals surface area (Å²) in [5, 5.41) is 0. The van der Waals surface area contributed by atoms with Gasteiger partial charge in [-0.15, -0.1) is 0 Å². The van der Waals surface area contributed by atoms with Crippen molar-refractivity contribution >= 4 is 45.5 Å². The molecule has 0 atom stereocenters. The summed E-state index contributed by atoms with van der Waals surface area (Å²) >= 11 is 2.34. The van der Waals surface area contributed by atoms with Gasteiger partial charge in [-0.3, -0.25) is 4.79 Å². The van der Waals surface area contributed by atoms with E-state index in [2.05, 4.69) is 66.6 Å². The van der Waals surface area contributed by atoms with Crippen LogP contribution in [0.15, 0.2) is 42.5 Å². The lowest BCUT2D eigenvalue weighted by atomic mass is 10.1. The molecule has 6 nitrogen and oxygen atoms in total. The molecular weight excluding hydrogens is 465 g/mol. The van der Waals surface area contributed by atoms with Gasteiger partial charge in [0.05, 0.1) is 11.1 Å². The van der Waals surface area contributed by atoms with Crippen molar-refractivity contribution < 1.29 is 4.79 Å². The van der Waals surface area contributed by atoms with Crippen molar-refractivity contribution in [2.75, 3.05) is 37.6 Å². The summed E-state index contributed by atoms with van der Waals surface area (Å²) in [5.41, 5.74) is 8.85. The number of H-pyrrole nitrogens is 1. The second kappa shape index (κ2) is 8.48. The minimum absolute atomic E-state index is 0.443. The Morgan fingerprint density at radius 3 is 2.71 bits per heavy atom. The number of nitrogens with two attached hydrogens (primary N) is 1. The van der Waals surface area contributed by atoms with Gasteiger partial charge in [-0.05, 0) is 71.8 Å². The number of halogens is 1. The number of imidazole rings is 1. The van der Waals surface area contributed by atoms with Crippen molar-refractivity contribution in [2.45, 2.75) is 12.8 Å². The second-order valence-corrected chi connectivity index (χ2v) is 8.43. The van der Waals surface area contributed by atoms with Crippen molar-refractivity contribution in [3.05, 3.63) is 57.2 Å². The second-order valence-electron chi connectivity index (χ2n) is 7.19. The Morgan fingerprint density at radius 2 is 1.93 bits per heavy atom. The topological polar surface area (TPSA) is 78.2 Å². The number of nitrogens with zero attached hydrogens (tertiary/aromatic N) is 3. The van der Waals surface area contributed by atoms with Gasteiger partial charge >= 0.3 is 0 Å². The fourth-order valence-electron chi connectivity index (χ4n) is 3.71. The number of hydrogen-bond donors (Lipinski definition) is 2. The molecule has 3 aromatic rings. The molecule has 0 saturated carbocycles. The summed E-state index contributed by atoms with van der Waals surface area (Å²) in [6.45, 7) is 5.03. The molecule has 7 heteroatoms. The van der Waals surface area contributed by atoms with E-state index < -0.39 is 5.91 Å². The van der Waals surface area contributed by atoms with E-state index >= 15 is 0 Å². The van der Waals surface area contributed by atoms with Gasteiger partial charge in [0.1, 0.15) is 5.52 Å². The van der Waals surface area contributed by atoms with Gasteiger partial charge in [0.25, 0.3) is 5.91 Å². The van der Waals surface area contributed by atoms with Crippen molar-refractivity contribution in [1.29, 1.82) is 0 Å². The standard InChI is InChI=1S/C21H24IN5O/c22-16-7-5-15(6-8-16)9-12-26-10-2-11-27(14-13-26)21-24-18-4-1-3-17(20(23)28)19(18)25-21/h1,3-8H,2,9-14H2,(H2,23,28)(H,24,25). The molecule has 28 heavy (non-hydrogen) atoms. The third-order valence-corrected chi connectivity index (χ3v) is 6.00. The number of amides is 1. The van der Waals surface area contributed by atoms with E-state index in [9.17, 15) is 4.79 Å². The highest BCUT2D eigenvalue weighted by Gasteiger charge is 2.19. The summed E-state index contributed by atoms with van der Waals surface area (Å²) in [4.78, 5) is 24.5. The SMILES string of the molecule is NC(=O)c1cccc2[nH]c(N3CCCN(CCc4ccc(I)cc4)CC3)nc12. The number of aromatic amines is 1.